The Labute approximate surface area is 232 Å². The molecule has 39 heavy (non-hydrogen) atoms. The Kier molecular flexibility index (Phi) is 10.4. The fourth-order valence-electron chi connectivity index (χ4n) is 5.36. The van der Waals surface area contributed by atoms with Crippen molar-refractivity contribution in [3.63, 3.8) is 0 Å². The molecule has 8 heteroatoms. The molecule has 1 unspecified atom stereocenters. The number of rotatable bonds is 9. The number of guanidine groups is 1. The first-order chi connectivity index (χ1) is 19.0. The van der Waals surface area contributed by atoms with Gasteiger partial charge < -0.3 is 14.7 Å². The zero-order chi connectivity index (χ0) is 27.5. The van der Waals surface area contributed by atoms with Gasteiger partial charge in [0, 0.05) is 32.2 Å². The standard InChI is InChI=1S/C31H40N6O2/c1-25(17-18-26-12-4-2-5-13-26)37(22-27-14-6-3-7-15-27)31(33-24-32)34-28-16-8-9-21-36(30(28)39)23-29(38)35-19-10-11-20-35/h2-7,12-15,25,28H,8-11,16-23H2,1H3,(H,33,34)/t25?,28-/m0/s1. The Bertz CT molecular complexity index is 1140. The summed E-state index contributed by atoms with van der Waals surface area (Å²) in [7, 11) is 0. The highest BCUT2D eigenvalue weighted by Crippen LogP contribution is 2.19. The number of hydrogen-bond acceptors (Lipinski definition) is 4. The Balaban J connectivity index is 1.55. The molecule has 0 aliphatic carbocycles. The third-order valence-corrected chi connectivity index (χ3v) is 7.68. The maximum absolute atomic E-state index is 13.6. The van der Waals surface area contributed by atoms with Crippen molar-refractivity contribution in [3.05, 3.63) is 71.8 Å². The van der Waals surface area contributed by atoms with E-state index in [-0.39, 0.29) is 24.4 Å². The predicted molar refractivity (Wildman–Crippen MR) is 152 cm³/mol. The summed E-state index contributed by atoms with van der Waals surface area (Å²) in [6, 6.07) is 19.9. The predicted octanol–water partition coefficient (Wildman–Crippen LogP) is 3.94. The number of nitrogens with one attached hydrogen (secondary N) is 1. The van der Waals surface area contributed by atoms with Gasteiger partial charge in [0.15, 0.2) is 6.19 Å². The van der Waals surface area contributed by atoms with Crippen LogP contribution in [0.3, 0.4) is 0 Å². The van der Waals surface area contributed by atoms with Crippen molar-refractivity contribution in [1.82, 2.24) is 20.0 Å². The lowest BCUT2D eigenvalue weighted by molar-refractivity contribution is -0.140. The molecule has 2 heterocycles. The molecule has 8 nitrogen and oxygen atoms in total. The van der Waals surface area contributed by atoms with Crippen LogP contribution in [0.4, 0.5) is 0 Å². The number of carbonyl (C=O) groups is 2. The second-order valence-electron chi connectivity index (χ2n) is 10.5. The second-order valence-corrected chi connectivity index (χ2v) is 10.5. The maximum atomic E-state index is 13.6. The quantitative estimate of drug-likeness (QED) is 0.230. The topological polar surface area (TPSA) is 92.0 Å². The summed E-state index contributed by atoms with van der Waals surface area (Å²) >= 11 is 0. The van der Waals surface area contributed by atoms with E-state index in [1.165, 1.54) is 5.56 Å². The number of aryl methyl sites for hydroxylation is 1. The van der Waals surface area contributed by atoms with Gasteiger partial charge in [-0.3, -0.25) is 14.9 Å². The van der Waals surface area contributed by atoms with Gasteiger partial charge in [0.2, 0.25) is 17.8 Å². The average molecular weight is 529 g/mol. The van der Waals surface area contributed by atoms with Crippen LogP contribution >= 0.6 is 0 Å². The van der Waals surface area contributed by atoms with Gasteiger partial charge in [-0.05, 0) is 63.0 Å². The van der Waals surface area contributed by atoms with Crippen LogP contribution < -0.4 is 5.32 Å². The summed E-state index contributed by atoms with van der Waals surface area (Å²) in [5.41, 5.74) is 2.36. The van der Waals surface area contributed by atoms with Crippen molar-refractivity contribution in [3.8, 4) is 6.19 Å². The summed E-state index contributed by atoms with van der Waals surface area (Å²) in [6.07, 6.45) is 8.13. The van der Waals surface area contributed by atoms with E-state index in [0.717, 1.165) is 57.2 Å². The van der Waals surface area contributed by atoms with Crippen LogP contribution in [0.2, 0.25) is 0 Å². The smallest absolute Gasteiger partial charge is 0.247 e. The average Bonchev–Trinajstić information content (AvgIpc) is 3.46. The number of carbonyl (C=O) groups excluding carboxylic acids is 2. The van der Waals surface area contributed by atoms with Gasteiger partial charge >= 0.3 is 0 Å². The molecule has 2 amide bonds. The fourth-order valence-corrected chi connectivity index (χ4v) is 5.36. The molecule has 0 radical (unpaired) electrons. The minimum atomic E-state index is -0.630. The van der Waals surface area contributed by atoms with Crippen LogP contribution in [0.15, 0.2) is 65.7 Å². The van der Waals surface area contributed by atoms with Crippen molar-refractivity contribution >= 4 is 17.8 Å². The Morgan fingerprint density at radius 2 is 1.67 bits per heavy atom. The van der Waals surface area contributed by atoms with Gasteiger partial charge in [-0.15, -0.1) is 0 Å². The Morgan fingerprint density at radius 3 is 2.33 bits per heavy atom. The van der Waals surface area contributed by atoms with E-state index in [9.17, 15) is 14.9 Å². The van der Waals surface area contributed by atoms with Gasteiger partial charge in [0.25, 0.3) is 0 Å². The van der Waals surface area contributed by atoms with Crippen molar-refractivity contribution in [2.75, 3.05) is 26.2 Å². The van der Waals surface area contributed by atoms with E-state index in [2.05, 4.69) is 47.6 Å². The van der Waals surface area contributed by atoms with Crippen LogP contribution in [-0.2, 0) is 22.6 Å². The number of benzene rings is 2. The van der Waals surface area contributed by atoms with Gasteiger partial charge in [-0.2, -0.15) is 5.26 Å². The molecule has 0 aromatic heterocycles. The normalized spacial score (nSPS) is 18.8. The number of amides is 2. The molecule has 2 aromatic rings. The Hall–Kier alpha value is -3.86. The van der Waals surface area contributed by atoms with Crippen molar-refractivity contribution in [1.29, 1.82) is 5.26 Å². The summed E-state index contributed by atoms with van der Waals surface area (Å²) in [5, 5.41) is 12.5. The van der Waals surface area contributed by atoms with Crippen LogP contribution in [0.25, 0.3) is 0 Å². The molecule has 2 aliphatic heterocycles. The molecule has 0 bridgehead atoms. The molecule has 0 saturated carbocycles. The Morgan fingerprint density at radius 1 is 1.03 bits per heavy atom. The number of nitrogens with zero attached hydrogens (tertiary/aromatic N) is 5. The van der Waals surface area contributed by atoms with Crippen molar-refractivity contribution in [2.24, 2.45) is 4.99 Å². The molecule has 1 N–H and O–H groups in total. The molecule has 2 atom stereocenters. The van der Waals surface area contributed by atoms with Crippen LogP contribution in [0.1, 0.15) is 56.6 Å². The van der Waals surface area contributed by atoms with E-state index in [1.807, 2.05) is 41.3 Å². The van der Waals surface area contributed by atoms with Gasteiger partial charge in [-0.25, -0.2) is 4.99 Å². The summed E-state index contributed by atoms with van der Waals surface area (Å²) in [5.74, 6) is 0.294. The van der Waals surface area contributed by atoms with Gasteiger partial charge in [-0.1, -0.05) is 60.7 Å². The number of aliphatic imine (C=N–C) groups is 1. The van der Waals surface area contributed by atoms with Gasteiger partial charge in [0.05, 0.1) is 6.54 Å². The van der Waals surface area contributed by atoms with Crippen LogP contribution in [0, 0.1) is 11.5 Å². The summed E-state index contributed by atoms with van der Waals surface area (Å²) < 4.78 is 0. The van der Waals surface area contributed by atoms with Crippen molar-refractivity contribution in [2.45, 2.75) is 70.5 Å². The zero-order valence-corrected chi connectivity index (χ0v) is 23.0. The third-order valence-electron chi connectivity index (χ3n) is 7.68. The van der Waals surface area contributed by atoms with E-state index in [4.69, 9.17) is 4.99 Å². The van der Waals surface area contributed by atoms with Crippen LogP contribution in [0.5, 0.6) is 0 Å². The highest BCUT2D eigenvalue weighted by atomic mass is 16.2. The number of nitriles is 1. The van der Waals surface area contributed by atoms with E-state index < -0.39 is 6.04 Å². The first-order valence-electron chi connectivity index (χ1n) is 14.2. The first kappa shape index (κ1) is 28.2. The number of hydrogen-bond donors (Lipinski definition) is 1. The van der Waals surface area contributed by atoms with E-state index >= 15 is 0 Å². The first-order valence-corrected chi connectivity index (χ1v) is 14.2. The molecule has 2 saturated heterocycles. The highest BCUT2D eigenvalue weighted by molar-refractivity contribution is 5.91. The SMILES string of the molecule is CC(CCc1ccccc1)N(Cc1ccccc1)C(=N[C@H]1CCCCN(CC(=O)N2CCCC2)C1=O)NC#N. The third kappa shape index (κ3) is 8.06. The maximum Gasteiger partial charge on any atom is 0.247 e. The second kappa shape index (κ2) is 14.3. The molecule has 2 aromatic carbocycles. The lowest BCUT2D eigenvalue weighted by Crippen LogP contribution is -2.48. The molecule has 2 aliphatic rings. The lowest BCUT2D eigenvalue weighted by atomic mass is 10.0. The minimum absolute atomic E-state index is 0.0149. The van der Waals surface area contributed by atoms with Crippen LogP contribution in [-0.4, -0.2) is 70.7 Å². The summed E-state index contributed by atoms with van der Waals surface area (Å²) in [4.78, 5) is 37.0. The number of likely N-dealkylation sites (tertiary alicyclic amines) is 2. The zero-order valence-electron chi connectivity index (χ0n) is 23.0. The van der Waals surface area contributed by atoms with Gasteiger partial charge in [0.1, 0.15) is 6.04 Å². The minimum Gasteiger partial charge on any atom is -0.341 e. The monoisotopic (exact) mass is 528 g/mol. The molecule has 2 fully saturated rings. The largest absolute Gasteiger partial charge is 0.341 e. The molecular formula is C31H40N6O2. The lowest BCUT2D eigenvalue weighted by Gasteiger charge is -2.32. The summed E-state index contributed by atoms with van der Waals surface area (Å²) in [6.45, 7) is 4.90. The highest BCUT2D eigenvalue weighted by Gasteiger charge is 2.31. The van der Waals surface area contributed by atoms with E-state index in [0.29, 0.717) is 25.5 Å². The van der Waals surface area contributed by atoms with E-state index in [1.54, 1.807) is 4.90 Å². The van der Waals surface area contributed by atoms with Crippen molar-refractivity contribution < 1.29 is 9.59 Å². The molecule has 4 rings (SSSR count). The molecule has 206 valence electrons. The molecular weight excluding hydrogens is 488 g/mol. The fraction of sp³-hybridized carbons (Fsp3) is 0.484. The molecule has 0 spiro atoms.